The van der Waals surface area contributed by atoms with Crippen LogP contribution in [0.1, 0.15) is 42.4 Å². The van der Waals surface area contributed by atoms with Gasteiger partial charge in [-0.3, -0.25) is 9.59 Å². The van der Waals surface area contributed by atoms with E-state index in [0.717, 1.165) is 10.9 Å². The minimum absolute atomic E-state index is 0.0272. The Kier molecular flexibility index (Phi) is 7.33. The van der Waals surface area contributed by atoms with Crippen LogP contribution in [0.3, 0.4) is 0 Å². The zero-order valence-corrected chi connectivity index (χ0v) is 16.0. The van der Waals surface area contributed by atoms with Crippen LogP contribution in [0.4, 0.5) is 4.39 Å². The number of esters is 1. The fourth-order valence-electron chi connectivity index (χ4n) is 2.54. The quantitative estimate of drug-likeness (QED) is 0.470. The third-order valence-corrected chi connectivity index (χ3v) is 4.59. The van der Waals surface area contributed by atoms with Gasteiger partial charge in [0.15, 0.2) is 17.3 Å². The van der Waals surface area contributed by atoms with Crippen molar-refractivity contribution in [1.82, 2.24) is 0 Å². The summed E-state index contributed by atoms with van der Waals surface area (Å²) in [5.41, 5.74) is 0.221. The van der Waals surface area contributed by atoms with Crippen LogP contribution >= 0.6 is 11.3 Å². The van der Waals surface area contributed by atoms with E-state index >= 15 is 0 Å². The lowest BCUT2D eigenvalue weighted by Gasteiger charge is -2.15. The summed E-state index contributed by atoms with van der Waals surface area (Å²) in [7, 11) is 0. The zero-order chi connectivity index (χ0) is 19.1. The Balaban J connectivity index is 2.12. The second-order valence-electron chi connectivity index (χ2n) is 6.17. The zero-order valence-electron chi connectivity index (χ0n) is 15.2. The molecule has 0 radical (unpaired) electrons. The highest BCUT2D eigenvalue weighted by molar-refractivity contribution is 7.09. The SMILES string of the molecule is CCOC(=O)C(CC(=O)c1ccc(OC(C)C)c(F)c1)Cc1cccs1. The first kappa shape index (κ1) is 20.1. The normalized spacial score (nSPS) is 12.0. The fraction of sp³-hybridized carbons (Fsp3) is 0.400. The molecule has 4 nitrogen and oxygen atoms in total. The Labute approximate surface area is 156 Å². The molecule has 1 heterocycles. The Morgan fingerprint density at radius 2 is 2.00 bits per heavy atom. The molecule has 0 aliphatic rings. The summed E-state index contributed by atoms with van der Waals surface area (Å²) >= 11 is 1.52. The van der Waals surface area contributed by atoms with Gasteiger partial charge >= 0.3 is 5.97 Å². The fourth-order valence-corrected chi connectivity index (χ4v) is 3.32. The van der Waals surface area contributed by atoms with Crippen molar-refractivity contribution in [2.24, 2.45) is 5.92 Å². The van der Waals surface area contributed by atoms with Gasteiger partial charge in [-0.25, -0.2) is 4.39 Å². The summed E-state index contributed by atoms with van der Waals surface area (Å²) in [4.78, 5) is 25.8. The van der Waals surface area contributed by atoms with Crippen LogP contribution in [0.15, 0.2) is 35.7 Å². The van der Waals surface area contributed by atoms with E-state index in [0.29, 0.717) is 6.42 Å². The Hall–Kier alpha value is -2.21. The van der Waals surface area contributed by atoms with Crippen LogP contribution in [0.5, 0.6) is 5.75 Å². The van der Waals surface area contributed by atoms with Crippen LogP contribution in [0.2, 0.25) is 0 Å². The predicted molar refractivity (Wildman–Crippen MR) is 99.3 cm³/mol. The van der Waals surface area contributed by atoms with Crippen molar-refractivity contribution in [2.45, 2.75) is 39.7 Å². The summed E-state index contributed by atoms with van der Waals surface area (Å²) in [5.74, 6) is -1.77. The van der Waals surface area contributed by atoms with Crippen LogP contribution in [0, 0.1) is 11.7 Å². The first-order valence-electron chi connectivity index (χ1n) is 8.59. The number of thiophene rings is 1. The van der Waals surface area contributed by atoms with Crippen molar-refractivity contribution in [1.29, 1.82) is 0 Å². The van der Waals surface area contributed by atoms with Crippen LogP contribution in [-0.2, 0) is 16.0 Å². The van der Waals surface area contributed by atoms with E-state index in [1.807, 2.05) is 17.5 Å². The van der Waals surface area contributed by atoms with Crippen molar-refractivity contribution in [3.05, 3.63) is 52.0 Å². The lowest BCUT2D eigenvalue weighted by molar-refractivity contribution is -0.147. The molecule has 1 aromatic carbocycles. The van der Waals surface area contributed by atoms with Gasteiger partial charge in [-0.2, -0.15) is 0 Å². The molecule has 6 heteroatoms. The maximum absolute atomic E-state index is 14.1. The smallest absolute Gasteiger partial charge is 0.309 e. The number of ketones is 1. The van der Waals surface area contributed by atoms with Gasteiger partial charge in [0.25, 0.3) is 0 Å². The van der Waals surface area contributed by atoms with Gasteiger partial charge in [0.05, 0.1) is 18.6 Å². The molecule has 0 amide bonds. The molecular weight excluding hydrogens is 355 g/mol. The third kappa shape index (κ3) is 5.66. The molecule has 1 atom stereocenters. The second-order valence-corrected chi connectivity index (χ2v) is 7.20. The van der Waals surface area contributed by atoms with E-state index in [-0.39, 0.29) is 36.2 Å². The van der Waals surface area contributed by atoms with E-state index < -0.39 is 17.7 Å². The van der Waals surface area contributed by atoms with Crippen LogP contribution < -0.4 is 4.74 Å². The highest BCUT2D eigenvalue weighted by atomic mass is 32.1. The molecule has 0 N–H and O–H groups in total. The van der Waals surface area contributed by atoms with E-state index in [1.165, 1.54) is 23.5 Å². The molecule has 0 aliphatic heterocycles. The van der Waals surface area contributed by atoms with E-state index in [4.69, 9.17) is 9.47 Å². The summed E-state index contributed by atoms with van der Waals surface area (Å²) in [6.07, 6.45) is 0.241. The molecular formula is C20H23FO4S. The molecule has 2 rings (SSSR count). The molecule has 1 unspecified atom stereocenters. The van der Waals surface area contributed by atoms with Crippen molar-refractivity contribution >= 4 is 23.1 Å². The lowest BCUT2D eigenvalue weighted by Crippen LogP contribution is -2.23. The van der Waals surface area contributed by atoms with Gasteiger partial charge in [0, 0.05) is 16.9 Å². The van der Waals surface area contributed by atoms with E-state index in [1.54, 1.807) is 20.8 Å². The summed E-state index contributed by atoms with van der Waals surface area (Å²) in [6, 6.07) is 7.94. The Morgan fingerprint density at radius 3 is 2.58 bits per heavy atom. The molecule has 0 bridgehead atoms. The number of Topliss-reactive ketones (excluding diaryl/α,β-unsaturated/α-hetero) is 1. The number of rotatable bonds is 9. The standard InChI is InChI=1S/C20H23FO4S/c1-4-24-20(23)15(10-16-6-5-9-26-16)12-18(22)14-7-8-19(17(21)11-14)25-13(2)3/h5-9,11,13,15H,4,10,12H2,1-3H3. The number of benzene rings is 1. The molecule has 2 aromatic rings. The van der Waals surface area contributed by atoms with Crippen molar-refractivity contribution < 1.29 is 23.5 Å². The molecule has 140 valence electrons. The summed E-state index contributed by atoms with van der Waals surface area (Å²) in [6.45, 7) is 5.58. The maximum Gasteiger partial charge on any atom is 0.309 e. The van der Waals surface area contributed by atoms with Gasteiger partial charge in [-0.15, -0.1) is 11.3 Å². The highest BCUT2D eigenvalue weighted by Gasteiger charge is 2.25. The number of hydrogen-bond donors (Lipinski definition) is 0. The monoisotopic (exact) mass is 378 g/mol. The van der Waals surface area contributed by atoms with E-state index in [2.05, 4.69) is 0 Å². The maximum atomic E-state index is 14.1. The van der Waals surface area contributed by atoms with Gasteiger partial charge in [0.1, 0.15) is 0 Å². The number of hydrogen-bond acceptors (Lipinski definition) is 5. The topological polar surface area (TPSA) is 52.6 Å². The van der Waals surface area contributed by atoms with E-state index in [9.17, 15) is 14.0 Å². The Bertz CT molecular complexity index is 740. The largest absolute Gasteiger partial charge is 0.488 e. The average Bonchev–Trinajstić information content (AvgIpc) is 3.09. The molecule has 0 saturated carbocycles. The Morgan fingerprint density at radius 1 is 1.23 bits per heavy atom. The number of ether oxygens (including phenoxy) is 2. The average molecular weight is 378 g/mol. The molecule has 26 heavy (non-hydrogen) atoms. The molecule has 0 spiro atoms. The number of carbonyl (C=O) groups excluding carboxylic acids is 2. The van der Waals surface area contributed by atoms with Crippen molar-refractivity contribution in [3.8, 4) is 5.75 Å². The summed E-state index contributed by atoms with van der Waals surface area (Å²) < 4.78 is 24.6. The second kappa shape index (κ2) is 9.48. The van der Waals surface area contributed by atoms with Gasteiger partial charge in [-0.05, 0) is 56.8 Å². The van der Waals surface area contributed by atoms with Crippen molar-refractivity contribution in [3.63, 3.8) is 0 Å². The third-order valence-electron chi connectivity index (χ3n) is 3.70. The van der Waals surface area contributed by atoms with Gasteiger partial charge in [0.2, 0.25) is 0 Å². The number of carbonyl (C=O) groups is 2. The molecule has 1 aromatic heterocycles. The first-order chi connectivity index (χ1) is 12.4. The minimum atomic E-state index is -0.588. The van der Waals surface area contributed by atoms with Crippen molar-refractivity contribution in [2.75, 3.05) is 6.61 Å². The molecule has 0 saturated heterocycles. The molecule has 0 aliphatic carbocycles. The van der Waals surface area contributed by atoms with Gasteiger partial charge < -0.3 is 9.47 Å². The number of halogens is 1. The lowest BCUT2D eigenvalue weighted by atomic mass is 9.94. The highest BCUT2D eigenvalue weighted by Crippen LogP contribution is 2.24. The molecule has 0 fully saturated rings. The summed E-state index contributed by atoms with van der Waals surface area (Å²) in [5, 5.41) is 1.92. The minimum Gasteiger partial charge on any atom is -0.488 e. The first-order valence-corrected chi connectivity index (χ1v) is 9.47. The van der Waals surface area contributed by atoms with Crippen LogP contribution in [0.25, 0.3) is 0 Å². The van der Waals surface area contributed by atoms with Crippen LogP contribution in [-0.4, -0.2) is 24.5 Å². The van der Waals surface area contributed by atoms with Gasteiger partial charge in [-0.1, -0.05) is 6.07 Å². The predicted octanol–water partition coefficient (Wildman–Crippen LogP) is 4.67.